The molecule has 3 aromatic rings. The maximum absolute atomic E-state index is 4.46. The third-order valence-corrected chi connectivity index (χ3v) is 3.45. The highest BCUT2D eigenvalue weighted by molar-refractivity contribution is 5.45. The van der Waals surface area contributed by atoms with Gasteiger partial charge in [0.05, 0.1) is 5.69 Å². The van der Waals surface area contributed by atoms with Gasteiger partial charge in [0.1, 0.15) is 12.1 Å². The molecule has 0 saturated heterocycles. The maximum atomic E-state index is 4.46. The highest BCUT2D eigenvalue weighted by Gasteiger charge is 2.09. The molecule has 0 saturated carbocycles. The Morgan fingerprint density at radius 1 is 1.24 bits per heavy atom. The van der Waals surface area contributed by atoms with Crippen LogP contribution in [-0.4, -0.2) is 29.4 Å². The van der Waals surface area contributed by atoms with Gasteiger partial charge in [0, 0.05) is 37.1 Å². The van der Waals surface area contributed by atoms with Crippen LogP contribution in [0.1, 0.15) is 30.8 Å². The third kappa shape index (κ3) is 2.58. The molecule has 0 bridgehead atoms. The molecule has 0 amide bonds. The summed E-state index contributed by atoms with van der Waals surface area (Å²) in [5.41, 5.74) is 3.31. The molecule has 0 aromatic carbocycles. The Hall–Kier alpha value is -2.44. The van der Waals surface area contributed by atoms with Crippen LogP contribution < -0.4 is 5.32 Å². The van der Waals surface area contributed by atoms with Crippen LogP contribution >= 0.6 is 0 Å². The first-order valence-corrected chi connectivity index (χ1v) is 7.16. The summed E-state index contributed by atoms with van der Waals surface area (Å²) in [5, 5.41) is 12.1. The number of fused-ring (bicyclic) bond motifs is 1. The molecule has 0 atom stereocenters. The van der Waals surface area contributed by atoms with Crippen LogP contribution in [0.5, 0.6) is 0 Å². The van der Waals surface area contributed by atoms with E-state index >= 15 is 0 Å². The van der Waals surface area contributed by atoms with Crippen molar-refractivity contribution in [2.75, 3.05) is 5.32 Å². The number of nitrogens with one attached hydrogen (secondary N) is 1. The van der Waals surface area contributed by atoms with E-state index in [1.165, 1.54) is 11.9 Å². The smallest absolute Gasteiger partial charge is 0.254 e. The topological polar surface area (TPSA) is 72.9 Å². The van der Waals surface area contributed by atoms with Gasteiger partial charge in [0.25, 0.3) is 5.78 Å². The molecule has 0 aliphatic rings. The predicted molar refractivity (Wildman–Crippen MR) is 80.1 cm³/mol. The maximum Gasteiger partial charge on any atom is 0.254 e. The Bertz CT molecular complexity index is 756. The molecule has 0 radical (unpaired) electrons. The lowest BCUT2D eigenvalue weighted by Gasteiger charge is -2.09. The van der Waals surface area contributed by atoms with E-state index in [9.17, 15) is 0 Å². The summed E-state index contributed by atoms with van der Waals surface area (Å²) in [4.78, 5) is 8.61. The van der Waals surface area contributed by atoms with E-state index in [0.717, 1.165) is 30.0 Å². The lowest BCUT2D eigenvalue weighted by Crippen LogP contribution is -2.08. The fourth-order valence-electron chi connectivity index (χ4n) is 2.38. The van der Waals surface area contributed by atoms with E-state index in [1.54, 1.807) is 4.52 Å². The predicted octanol–water partition coefficient (Wildman–Crippen LogP) is 1.59. The molecule has 0 unspecified atom stereocenters. The number of nitrogens with zero attached hydrogens (tertiary/aromatic N) is 6. The van der Waals surface area contributed by atoms with Crippen LogP contribution in [0.3, 0.4) is 0 Å². The fraction of sp³-hybridized carbons (Fsp3) is 0.429. The largest absolute Gasteiger partial charge is 0.366 e. The van der Waals surface area contributed by atoms with E-state index in [4.69, 9.17) is 0 Å². The summed E-state index contributed by atoms with van der Waals surface area (Å²) in [6.45, 7) is 4.90. The first kappa shape index (κ1) is 13.5. The van der Waals surface area contributed by atoms with Crippen LogP contribution in [0.2, 0.25) is 0 Å². The van der Waals surface area contributed by atoms with Crippen molar-refractivity contribution >= 4 is 11.6 Å². The van der Waals surface area contributed by atoms with E-state index in [2.05, 4.69) is 39.3 Å². The zero-order valence-corrected chi connectivity index (χ0v) is 12.5. The number of rotatable bonds is 5. The molecule has 3 rings (SSSR count). The zero-order chi connectivity index (χ0) is 14.8. The van der Waals surface area contributed by atoms with Crippen LogP contribution in [0.15, 0.2) is 18.6 Å². The summed E-state index contributed by atoms with van der Waals surface area (Å²) < 4.78 is 3.58. The van der Waals surface area contributed by atoms with Gasteiger partial charge >= 0.3 is 0 Å². The van der Waals surface area contributed by atoms with Crippen molar-refractivity contribution in [2.45, 2.75) is 33.2 Å². The summed E-state index contributed by atoms with van der Waals surface area (Å²) in [5.74, 6) is 1.53. The second-order valence-electron chi connectivity index (χ2n) is 4.94. The Morgan fingerprint density at radius 3 is 2.86 bits per heavy atom. The number of hydrogen-bond acceptors (Lipinski definition) is 5. The first-order chi connectivity index (χ1) is 10.2. The number of hydrogen-bond donors (Lipinski definition) is 1. The molecule has 3 aromatic heterocycles. The Kier molecular flexibility index (Phi) is 3.55. The fourth-order valence-corrected chi connectivity index (χ4v) is 2.38. The molecule has 3 heterocycles. The van der Waals surface area contributed by atoms with Crippen LogP contribution in [0.25, 0.3) is 5.78 Å². The highest BCUT2D eigenvalue weighted by Crippen LogP contribution is 2.14. The van der Waals surface area contributed by atoms with Gasteiger partial charge in [-0.25, -0.2) is 4.98 Å². The van der Waals surface area contributed by atoms with Gasteiger partial charge in [-0.1, -0.05) is 13.8 Å². The van der Waals surface area contributed by atoms with Crippen molar-refractivity contribution in [2.24, 2.45) is 7.05 Å². The lowest BCUT2D eigenvalue weighted by atomic mass is 10.2. The minimum absolute atomic E-state index is 0.624. The number of anilines is 1. The van der Waals surface area contributed by atoms with Crippen LogP contribution in [0.4, 0.5) is 5.82 Å². The Morgan fingerprint density at radius 2 is 2.10 bits per heavy atom. The summed E-state index contributed by atoms with van der Waals surface area (Å²) in [6, 6.07) is 2.02. The second-order valence-corrected chi connectivity index (χ2v) is 4.94. The van der Waals surface area contributed by atoms with Gasteiger partial charge in [-0.2, -0.15) is 19.7 Å². The highest BCUT2D eigenvalue weighted by atomic mass is 15.4. The molecule has 7 nitrogen and oxygen atoms in total. The standard InChI is InChI=1S/C14H19N7/c1-4-11-6-13(21-14(18-11)16-9-17-21)15-7-10-8-20(3)19-12(10)5-2/h6,8-9,15H,4-5,7H2,1-3H3. The van der Waals surface area contributed by atoms with Gasteiger partial charge in [0.2, 0.25) is 0 Å². The molecule has 110 valence electrons. The SMILES string of the molecule is CCc1cc(NCc2cn(C)nc2CC)n2ncnc2n1. The van der Waals surface area contributed by atoms with Crippen molar-refractivity contribution in [3.05, 3.63) is 35.5 Å². The van der Waals surface area contributed by atoms with E-state index in [-0.39, 0.29) is 0 Å². The van der Waals surface area contributed by atoms with Crippen LogP contribution in [-0.2, 0) is 26.4 Å². The monoisotopic (exact) mass is 285 g/mol. The molecule has 21 heavy (non-hydrogen) atoms. The molecule has 1 N–H and O–H groups in total. The average Bonchev–Trinajstić information content (AvgIpc) is 3.10. The Balaban J connectivity index is 1.89. The minimum atomic E-state index is 0.624. The molecule has 0 aliphatic heterocycles. The van der Waals surface area contributed by atoms with Gasteiger partial charge in [-0.05, 0) is 12.8 Å². The summed E-state index contributed by atoms with van der Waals surface area (Å²) in [7, 11) is 1.94. The Labute approximate surface area is 123 Å². The van der Waals surface area contributed by atoms with Gasteiger partial charge in [-0.3, -0.25) is 4.68 Å². The van der Waals surface area contributed by atoms with Crippen molar-refractivity contribution in [3.63, 3.8) is 0 Å². The first-order valence-electron chi connectivity index (χ1n) is 7.16. The van der Waals surface area contributed by atoms with Gasteiger partial charge in [0.15, 0.2) is 0 Å². The lowest BCUT2D eigenvalue weighted by molar-refractivity contribution is 0.746. The normalized spacial score (nSPS) is 11.2. The van der Waals surface area contributed by atoms with Crippen molar-refractivity contribution < 1.29 is 0 Å². The van der Waals surface area contributed by atoms with E-state index < -0.39 is 0 Å². The van der Waals surface area contributed by atoms with E-state index in [1.807, 2.05) is 24.0 Å². The second kappa shape index (κ2) is 5.51. The van der Waals surface area contributed by atoms with E-state index in [0.29, 0.717) is 12.3 Å². The third-order valence-electron chi connectivity index (χ3n) is 3.45. The van der Waals surface area contributed by atoms with Crippen molar-refractivity contribution in [1.82, 2.24) is 29.4 Å². The molecule has 0 fully saturated rings. The number of aromatic nitrogens is 6. The summed E-state index contributed by atoms with van der Waals surface area (Å²) >= 11 is 0. The van der Waals surface area contributed by atoms with Crippen LogP contribution in [0, 0.1) is 0 Å². The molecule has 0 aliphatic carbocycles. The molecule has 7 heteroatoms. The molecule has 0 spiro atoms. The van der Waals surface area contributed by atoms with Crippen molar-refractivity contribution in [1.29, 1.82) is 0 Å². The molecular formula is C14H19N7. The van der Waals surface area contributed by atoms with Gasteiger partial charge in [-0.15, -0.1) is 0 Å². The number of aryl methyl sites for hydroxylation is 3. The quantitative estimate of drug-likeness (QED) is 0.770. The summed E-state index contributed by atoms with van der Waals surface area (Å²) in [6.07, 6.45) is 5.36. The zero-order valence-electron chi connectivity index (χ0n) is 12.5. The minimum Gasteiger partial charge on any atom is -0.366 e. The van der Waals surface area contributed by atoms with Gasteiger partial charge < -0.3 is 5.32 Å². The molecular weight excluding hydrogens is 266 g/mol. The average molecular weight is 285 g/mol. The van der Waals surface area contributed by atoms with Crippen molar-refractivity contribution in [3.8, 4) is 0 Å².